The predicted molar refractivity (Wildman–Crippen MR) is 75.3 cm³/mol. The van der Waals surface area contributed by atoms with Gasteiger partial charge in [-0.2, -0.15) is 0 Å². The average Bonchev–Trinajstić information content (AvgIpc) is 2.29. The van der Waals surface area contributed by atoms with Gasteiger partial charge in [0.2, 0.25) is 0 Å². The normalized spacial score (nSPS) is 29.6. The second-order valence-electron chi connectivity index (χ2n) is 6.34. The monoisotopic (exact) mass is 230 g/mol. The van der Waals surface area contributed by atoms with Crippen LogP contribution >= 0.6 is 0 Å². The van der Waals surface area contributed by atoms with Gasteiger partial charge in [0.25, 0.3) is 0 Å². The third-order valence-electron chi connectivity index (χ3n) is 4.53. The molecule has 0 heterocycles. The Balaban J connectivity index is 2.22. The maximum Gasteiger partial charge on any atom is -0.0129 e. The summed E-state index contributed by atoms with van der Waals surface area (Å²) in [5, 5.41) is 0. The molecule has 0 bridgehead atoms. The minimum atomic E-state index is 0.791. The molecule has 17 heavy (non-hydrogen) atoms. The van der Waals surface area contributed by atoms with Crippen LogP contribution in [0.3, 0.4) is 0 Å². The fourth-order valence-electron chi connectivity index (χ4n) is 3.40. The standard InChI is InChI=1S/C17H26/c1-12(2)16-10-7-14(4)11-17(16)15-8-5-13(3)6-9-15/h5-6,8-9,12,14,16-17H,7,10-11H2,1-4H3. The minimum absolute atomic E-state index is 0.791. The van der Waals surface area contributed by atoms with Crippen molar-refractivity contribution in [2.45, 2.75) is 52.9 Å². The average molecular weight is 230 g/mol. The van der Waals surface area contributed by atoms with Gasteiger partial charge in [0.1, 0.15) is 0 Å². The van der Waals surface area contributed by atoms with E-state index in [1.54, 1.807) is 5.56 Å². The van der Waals surface area contributed by atoms with Crippen LogP contribution in [0.25, 0.3) is 0 Å². The molecule has 0 heteroatoms. The van der Waals surface area contributed by atoms with E-state index in [0.29, 0.717) is 0 Å². The largest absolute Gasteiger partial charge is 0.0625 e. The third-order valence-corrected chi connectivity index (χ3v) is 4.53. The smallest absolute Gasteiger partial charge is 0.0129 e. The first kappa shape index (κ1) is 12.7. The zero-order valence-corrected chi connectivity index (χ0v) is 11.7. The highest BCUT2D eigenvalue weighted by molar-refractivity contribution is 5.25. The van der Waals surface area contributed by atoms with Gasteiger partial charge in [-0.1, -0.05) is 57.0 Å². The molecule has 1 aromatic rings. The Morgan fingerprint density at radius 2 is 1.71 bits per heavy atom. The van der Waals surface area contributed by atoms with E-state index in [1.807, 2.05) is 0 Å². The van der Waals surface area contributed by atoms with Crippen molar-refractivity contribution in [3.05, 3.63) is 35.4 Å². The molecular formula is C17H26. The van der Waals surface area contributed by atoms with E-state index in [0.717, 1.165) is 23.7 Å². The molecule has 3 atom stereocenters. The fraction of sp³-hybridized carbons (Fsp3) is 0.647. The summed E-state index contributed by atoms with van der Waals surface area (Å²) in [6.07, 6.45) is 4.22. The number of hydrogen-bond donors (Lipinski definition) is 0. The van der Waals surface area contributed by atoms with E-state index in [9.17, 15) is 0 Å². The summed E-state index contributed by atoms with van der Waals surface area (Å²) in [6, 6.07) is 9.25. The Morgan fingerprint density at radius 1 is 1.06 bits per heavy atom. The van der Waals surface area contributed by atoms with Crippen molar-refractivity contribution in [1.29, 1.82) is 0 Å². The van der Waals surface area contributed by atoms with Crippen molar-refractivity contribution in [2.24, 2.45) is 17.8 Å². The van der Waals surface area contributed by atoms with Crippen molar-refractivity contribution < 1.29 is 0 Å². The molecule has 3 unspecified atom stereocenters. The molecule has 94 valence electrons. The second kappa shape index (κ2) is 5.25. The molecule has 0 nitrogen and oxygen atoms in total. The first-order valence-corrected chi connectivity index (χ1v) is 7.14. The van der Waals surface area contributed by atoms with E-state index in [4.69, 9.17) is 0 Å². The summed E-state index contributed by atoms with van der Waals surface area (Å²) < 4.78 is 0. The molecule has 1 saturated carbocycles. The molecule has 2 rings (SSSR count). The Hall–Kier alpha value is -0.780. The topological polar surface area (TPSA) is 0 Å². The van der Waals surface area contributed by atoms with Gasteiger partial charge in [-0.15, -0.1) is 0 Å². The van der Waals surface area contributed by atoms with Crippen molar-refractivity contribution in [1.82, 2.24) is 0 Å². The van der Waals surface area contributed by atoms with Gasteiger partial charge in [0.15, 0.2) is 0 Å². The van der Waals surface area contributed by atoms with Gasteiger partial charge in [-0.25, -0.2) is 0 Å². The highest BCUT2D eigenvalue weighted by Gasteiger charge is 2.31. The first-order valence-electron chi connectivity index (χ1n) is 7.14. The molecule has 0 radical (unpaired) electrons. The van der Waals surface area contributed by atoms with Crippen LogP contribution < -0.4 is 0 Å². The Morgan fingerprint density at radius 3 is 2.29 bits per heavy atom. The first-order chi connectivity index (χ1) is 8.08. The molecule has 1 aromatic carbocycles. The van der Waals surface area contributed by atoms with E-state index >= 15 is 0 Å². The quantitative estimate of drug-likeness (QED) is 0.657. The van der Waals surface area contributed by atoms with Crippen LogP contribution in [0.15, 0.2) is 24.3 Å². The molecule has 0 aromatic heterocycles. The van der Waals surface area contributed by atoms with Crippen LogP contribution in [-0.4, -0.2) is 0 Å². The van der Waals surface area contributed by atoms with E-state index in [1.165, 1.54) is 24.8 Å². The number of benzene rings is 1. The minimum Gasteiger partial charge on any atom is -0.0625 e. The van der Waals surface area contributed by atoms with E-state index in [2.05, 4.69) is 52.0 Å². The summed E-state index contributed by atoms with van der Waals surface area (Å²) in [6.45, 7) is 9.37. The summed E-state index contributed by atoms with van der Waals surface area (Å²) >= 11 is 0. The van der Waals surface area contributed by atoms with E-state index in [-0.39, 0.29) is 0 Å². The Bertz CT molecular complexity index is 347. The van der Waals surface area contributed by atoms with Crippen LogP contribution in [-0.2, 0) is 0 Å². The molecule has 0 spiro atoms. The van der Waals surface area contributed by atoms with Crippen molar-refractivity contribution >= 4 is 0 Å². The zero-order chi connectivity index (χ0) is 12.4. The number of aryl methyl sites for hydroxylation is 1. The molecule has 0 amide bonds. The molecule has 1 fully saturated rings. The molecule has 1 aliphatic rings. The van der Waals surface area contributed by atoms with Crippen molar-refractivity contribution in [2.75, 3.05) is 0 Å². The number of rotatable bonds is 2. The molecule has 0 aliphatic heterocycles. The summed E-state index contributed by atoms with van der Waals surface area (Å²) in [4.78, 5) is 0. The van der Waals surface area contributed by atoms with Crippen LogP contribution in [0, 0.1) is 24.7 Å². The van der Waals surface area contributed by atoms with Gasteiger partial charge in [-0.05, 0) is 49.0 Å². The van der Waals surface area contributed by atoms with Crippen LogP contribution in [0.4, 0.5) is 0 Å². The lowest BCUT2D eigenvalue weighted by molar-refractivity contribution is 0.197. The van der Waals surface area contributed by atoms with Crippen LogP contribution in [0.2, 0.25) is 0 Å². The zero-order valence-electron chi connectivity index (χ0n) is 11.7. The summed E-state index contributed by atoms with van der Waals surface area (Å²) in [5.74, 6) is 3.39. The van der Waals surface area contributed by atoms with E-state index < -0.39 is 0 Å². The number of hydrogen-bond acceptors (Lipinski definition) is 0. The van der Waals surface area contributed by atoms with Gasteiger partial charge >= 0.3 is 0 Å². The van der Waals surface area contributed by atoms with Gasteiger partial charge < -0.3 is 0 Å². The maximum absolute atomic E-state index is 2.41. The molecule has 0 saturated heterocycles. The molecule has 1 aliphatic carbocycles. The predicted octanol–water partition coefficient (Wildman–Crippen LogP) is 5.17. The molecular weight excluding hydrogens is 204 g/mol. The van der Waals surface area contributed by atoms with Crippen LogP contribution in [0.1, 0.15) is 57.1 Å². The lowest BCUT2D eigenvalue weighted by Gasteiger charge is -2.37. The van der Waals surface area contributed by atoms with Gasteiger partial charge in [0.05, 0.1) is 0 Å². The summed E-state index contributed by atoms with van der Waals surface area (Å²) in [7, 11) is 0. The van der Waals surface area contributed by atoms with Gasteiger partial charge in [-0.3, -0.25) is 0 Å². The fourth-order valence-corrected chi connectivity index (χ4v) is 3.40. The SMILES string of the molecule is Cc1ccc(C2CC(C)CCC2C(C)C)cc1. The Labute approximate surface area is 106 Å². The summed E-state index contributed by atoms with van der Waals surface area (Å²) in [5.41, 5.74) is 2.94. The van der Waals surface area contributed by atoms with Crippen molar-refractivity contribution in [3.8, 4) is 0 Å². The highest BCUT2D eigenvalue weighted by Crippen LogP contribution is 2.43. The maximum atomic E-state index is 2.41. The van der Waals surface area contributed by atoms with Crippen molar-refractivity contribution in [3.63, 3.8) is 0 Å². The lowest BCUT2D eigenvalue weighted by Crippen LogP contribution is -2.26. The lowest BCUT2D eigenvalue weighted by atomic mass is 9.67. The van der Waals surface area contributed by atoms with Crippen LogP contribution in [0.5, 0.6) is 0 Å². The Kier molecular flexibility index (Phi) is 3.91. The molecule has 0 N–H and O–H groups in total. The third kappa shape index (κ3) is 2.91. The van der Waals surface area contributed by atoms with Gasteiger partial charge in [0, 0.05) is 0 Å². The second-order valence-corrected chi connectivity index (χ2v) is 6.34. The highest BCUT2D eigenvalue weighted by atomic mass is 14.4.